The van der Waals surface area contributed by atoms with Gasteiger partial charge < -0.3 is 15.4 Å². The van der Waals surface area contributed by atoms with Crippen LogP contribution in [0, 0.1) is 17.0 Å². The molecular formula is C11H18N4O3. The molecule has 7 nitrogen and oxygen atoms in total. The fraction of sp³-hybridized carbons (Fsp3) is 0.636. The molecule has 0 saturated carbocycles. The number of nitrogens with zero attached hydrogens (tertiary/aromatic N) is 3. The summed E-state index contributed by atoms with van der Waals surface area (Å²) in [5, 5.41) is 17.2. The van der Waals surface area contributed by atoms with Crippen molar-refractivity contribution in [1.82, 2.24) is 15.1 Å². The number of hydrogen-bond acceptors (Lipinski definition) is 4. The third kappa shape index (κ3) is 3.83. The quantitative estimate of drug-likeness (QED) is 0.613. The van der Waals surface area contributed by atoms with Crippen LogP contribution in [0.1, 0.15) is 32.4 Å². The Morgan fingerprint density at radius 3 is 2.83 bits per heavy atom. The van der Waals surface area contributed by atoms with Crippen LogP contribution in [0.15, 0.2) is 6.07 Å². The maximum absolute atomic E-state index is 11.6. The lowest BCUT2D eigenvalue weighted by Gasteiger charge is -2.10. The number of hydrogen-bond donors (Lipinski definition) is 1. The Hall–Kier alpha value is -1.92. The Morgan fingerprint density at radius 1 is 1.67 bits per heavy atom. The number of aryl methyl sites for hydroxylation is 2. The SMILES string of the molecule is CCC(C)NC(=O)CCn1nc([N+](=O)[O-])cc1C. The molecule has 1 aromatic heterocycles. The normalized spacial score (nSPS) is 12.2. The van der Waals surface area contributed by atoms with Crippen LogP contribution in [-0.2, 0) is 11.3 Å². The van der Waals surface area contributed by atoms with Crippen LogP contribution >= 0.6 is 0 Å². The molecular weight excluding hydrogens is 236 g/mol. The number of carbonyl (C=O) groups is 1. The number of nitro groups is 1. The maximum atomic E-state index is 11.6. The minimum Gasteiger partial charge on any atom is -0.358 e. The van der Waals surface area contributed by atoms with Gasteiger partial charge in [-0.15, -0.1) is 0 Å². The van der Waals surface area contributed by atoms with Gasteiger partial charge in [0.2, 0.25) is 5.91 Å². The van der Waals surface area contributed by atoms with E-state index in [1.165, 1.54) is 10.7 Å². The standard InChI is InChI=1S/C11H18N4O3/c1-4-8(2)12-11(16)5-6-14-9(3)7-10(13-14)15(17)18/h7-8H,4-6H2,1-3H3,(H,12,16). The highest BCUT2D eigenvalue weighted by atomic mass is 16.6. The molecule has 0 aromatic carbocycles. The summed E-state index contributed by atoms with van der Waals surface area (Å²) in [6.07, 6.45) is 1.14. The summed E-state index contributed by atoms with van der Waals surface area (Å²) < 4.78 is 1.48. The monoisotopic (exact) mass is 254 g/mol. The summed E-state index contributed by atoms with van der Waals surface area (Å²) in [6, 6.07) is 1.54. The van der Waals surface area contributed by atoms with Crippen molar-refractivity contribution < 1.29 is 9.72 Å². The Morgan fingerprint density at radius 2 is 2.33 bits per heavy atom. The molecule has 1 rings (SSSR count). The van der Waals surface area contributed by atoms with Gasteiger partial charge in [-0.3, -0.25) is 4.79 Å². The molecule has 0 fully saturated rings. The van der Waals surface area contributed by atoms with Crippen LogP contribution in [-0.4, -0.2) is 26.7 Å². The number of carbonyl (C=O) groups excluding carboxylic acids is 1. The van der Waals surface area contributed by atoms with Crippen molar-refractivity contribution in [3.63, 3.8) is 0 Å². The third-order valence-electron chi connectivity index (χ3n) is 2.73. The summed E-state index contributed by atoms with van der Waals surface area (Å²) in [7, 11) is 0. The molecule has 7 heteroatoms. The molecule has 18 heavy (non-hydrogen) atoms. The summed E-state index contributed by atoms with van der Waals surface area (Å²) in [5.41, 5.74) is 0.679. The van der Waals surface area contributed by atoms with Gasteiger partial charge in [0.15, 0.2) is 0 Å². The Kier molecular flexibility index (Phi) is 4.82. The van der Waals surface area contributed by atoms with Crippen LogP contribution in [0.5, 0.6) is 0 Å². The smallest absolute Gasteiger partial charge is 0.358 e. The van der Waals surface area contributed by atoms with E-state index >= 15 is 0 Å². The summed E-state index contributed by atoms with van der Waals surface area (Å²) in [4.78, 5) is 21.6. The molecule has 1 unspecified atom stereocenters. The van der Waals surface area contributed by atoms with E-state index in [0.29, 0.717) is 12.2 Å². The van der Waals surface area contributed by atoms with E-state index in [1.807, 2.05) is 13.8 Å². The first kappa shape index (κ1) is 14.1. The van der Waals surface area contributed by atoms with Crippen molar-refractivity contribution in [3.8, 4) is 0 Å². The fourth-order valence-corrected chi connectivity index (χ4v) is 1.46. The molecule has 0 aliphatic heterocycles. The maximum Gasteiger partial charge on any atom is 0.390 e. The van der Waals surface area contributed by atoms with E-state index in [1.54, 1.807) is 6.92 Å². The number of amides is 1. The minimum absolute atomic E-state index is 0.0677. The van der Waals surface area contributed by atoms with E-state index in [-0.39, 0.29) is 24.2 Å². The Labute approximate surface area is 105 Å². The van der Waals surface area contributed by atoms with Crippen molar-refractivity contribution in [2.45, 2.75) is 46.2 Å². The molecule has 1 aromatic rings. The second-order valence-corrected chi connectivity index (χ2v) is 4.25. The molecule has 1 heterocycles. The van der Waals surface area contributed by atoms with E-state index in [4.69, 9.17) is 0 Å². The summed E-state index contributed by atoms with van der Waals surface area (Å²) >= 11 is 0. The second-order valence-electron chi connectivity index (χ2n) is 4.25. The van der Waals surface area contributed by atoms with Crippen molar-refractivity contribution in [2.75, 3.05) is 0 Å². The van der Waals surface area contributed by atoms with E-state index in [0.717, 1.165) is 6.42 Å². The fourth-order valence-electron chi connectivity index (χ4n) is 1.46. The molecule has 0 aliphatic carbocycles. The minimum atomic E-state index is -0.539. The second kappa shape index (κ2) is 6.13. The van der Waals surface area contributed by atoms with Gasteiger partial charge in [0.1, 0.15) is 0 Å². The zero-order valence-electron chi connectivity index (χ0n) is 10.8. The average Bonchev–Trinajstić information content (AvgIpc) is 2.68. The van der Waals surface area contributed by atoms with E-state index in [9.17, 15) is 14.9 Å². The van der Waals surface area contributed by atoms with Gasteiger partial charge in [-0.1, -0.05) is 6.92 Å². The van der Waals surface area contributed by atoms with Crippen molar-refractivity contribution in [3.05, 3.63) is 21.9 Å². The summed E-state index contributed by atoms with van der Waals surface area (Å²) in [5.74, 6) is -0.253. The lowest BCUT2D eigenvalue weighted by molar-refractivity contribution is -0.389. The highest BCUT2D eigenvalue weighted by molar-refractivity contribution is 5.76. The molecule has 0 saturated heterocycles. The molecule has 1 N–H and O–H groups in total. The van der Waals surface area contributed by atoms with Gasteiger partial charge in [-0.05, 0) is 25.2 Å². The van der Waals surface area contributed by atoms with Gasteiger partial charge in [0, 0.05) is 12.5 Å². The van der Waals surface area contributed by atoms with Crippen LogP contribution < -0.4 is 5.32 Å². The first-order valence-corrected chi connectivity index (χ1v) is 5.92. The zero-order chi connectivity index (χ0) is 13.7. The Balaban J connectivity index is 2.53. The third-order valence-corrected chi connectivity index (χ3v) is 2.73. The lowest BCUT2D eigenvalue weighted by Crippen LogP contribution is -2.32. The van der Waals surface area contributed by atoms with Crippen LogP contribution in [0.3, 0.4) is 0 Å². The zero-order valence-corrected chi connectivity index (χ0v) is 10.8. The molecule has 0 spiro atoms. The number of aromatic nitrogens is 2. The predicted molar refractivity (Wildman–Crippen MR) is 66.1 cm³/mol. The largest absolute Gasteiger partial charge is 0.390 e. The predicted octanol–water partition coefficient (Wildman–Crippen LogP) is 1.40. The van der Waals surface area contributed by atoms with Crippen LogP contribution in [0.2, 0.25) is 0 Å². The van der Waals surface area contributed by atoms with Gasteiger partial charge >= 0.3 is 5.82 Å². The topological polar surface area (TPSA) is 90.1 Å². The highest BCUT2D eigenvalue weighted by Crippen LogP contribution is 2.11. The molecule has 0 radical (unpaired) electrons. The first-order valence-electron chi connectivity index (χ1n) is 5.92. The van der Waals surface area contributed by atoms with Gasteiger partial charge in [-0.25, -0.2) is 0 Å². The van der Waals surface area contributed by atoms with Crippen molar-refractivity contribution in [2.24, 2.45) is 0 Å². The van der Waals surface area contributed by atoms with E-state index < -0.39 is 4.92 Å². The van der Waals surface area contributed by atoms with E-state index in [2.05, 4.69) is 10.4 Å². The molecule has 0 bridgehead atoms. The van der Waals surface area contributed by atoms with Crippen LogP contribution in [0.4, 0.5) is 5.82 Å². The molecule has 100 valence electrons. The van der Waals surface area contributed by atoms with Gasteiger partial charge in [-0.2, -0.15) is 4.68 Å². The van der Waals surface area contributed by atoms with Gasteiger partial charge in [0.05, 0.1) is 23.4 Å². The molecule has 1 amide bonds. The summed E-state index contributed by atoms with van der Waals surface area (Å²) in [6.45, 7) is 6.00. The number of rotatable bonds is 6. The lowest BCUT2D eigenvalue weighted by atomic mass is 10.2. The Bertz CT molecular complexity index is 441. The molecule has 0 aliphatic rings. The highest BCUT2D eigenvalue weighted by Gasteiger charge is 2.16. The number of nitrogens with one attached hydrogen (secondary N) is 1. The van der Waals surface area contributed by atoms with Crippen molar-refractivity contribution in [1.29, 1.82) is 0 Å². The van der Waals surface area contributed by atoms with Gasteiger partial charge in [0.25, 0.3) is 0 Å². The van der Waals surface area contributed by atoms with Crippen molar-refractivity contribution >= 4 is 11.7 Å². The molecule has 1 atom stereocenters. The van der Waals surface area contributed by atoms with Crippen LogP contribution in [0.25, 0.3) is 0 Å². The average molecular weight is 254 g/mol. The first-order chi connectivity index (χ1) is 8.43.